The van der Waals surface area contributed by atoms with Crippen molar-refractivity contribution in [3.8, 4) is 0 Å². The van der Waals surface area contributed by atoms with Crippen LogP contribution in [0.5, 0.6) is 0 Å². The quantitative estimate of drug-likeness (QED) is 0.745. The molecular weight excluding hydrogens is 204 g/mol. The van der Waals surface area contributed by atoms with E-state index in [0.717, 1.165) is 17.7 Å². The molecule has 0 atom stereocenters. The minimum atomic E-state index is -0.00897. The lowest BCUT2D eigenvalue weighted by Crippen LogP contribution is -2.17. The average molecular weight is 222 g/mol. The fourth-order valence-corrected chi connectivity index (χ4v) is 1.22. The average Bonchev–Trinajstić information content (AvgIpc) is 2.28. The molecule has 1 aromatic rings. The van der Waals surface area contributed by atoms with E-state index >= 15 is 0 Å². The van der Waals surface area contributed by atoms with E-state index in [9.17, 15) is 4.79 Å². The Morgan fingerprint density at radius 1 is 1.38 bits per heavy atom. The Labute approximate surface area is 95.7 Å². The van der Waals surface area contributed by atoms with Crippen molar-refractivity contribution in [1.82, 2.24) is 0 Å². The molecule has 0 aliphatic rings. The van der Waals surface area contributed by atoms with Gasteiger partial charge in [-0.3, -0.25) is 4.79 Å². The molecule has 88 valence electrons. The van der Waals surface area contributed by atoms with Crippen molar-refractivity contribution in [2.24, 2.45) is 11.8 Å². The summed E-state index contributed by atoms with van der Waals surface area (Å²) in [5.74, 6) is 4.97. The second kappa shape index (κ2) is 6.25. The van der Waals surface area contributed by atoms with Gasteiger partial charge in [-0.2, -0.15) is 0 Å². The van der Waals surface area contributed by atoms with Crippen LogP contribution in [0.15, 0.2) is 24.3 Å². The molecule has 0 fully saturated rings. The van der Waals surface area contributed by atoms with Crippen molar-refractivity contribution in [2.45, 2.75) is 20.3 Å². The molecular formula is C12H18N2O2. The fourth-order valence-electron chi connectivity index (χ4n) is 1.22. The van der Waals surface area contributed by atoms with Crippen LogP contribution in [0, 0.1) is 5.92 Å². The highest BCUT2D eigenvalue weighted by Crippen LogP contribution is 2.11. The van der Waals surface area contributed by atoms with E-state index in [1.54, 1.807) is 0 Å². The van der Waals surface area contributed by atoms with Crippen LogP contribution in [-0.4, -0.2) is 12.5 Å². The summed E-state index contributed by atoms with van der Waals surface area (Å²) < 4.78 is 0. The molecule has 1 aromatic carbocycles. The highest BCUT2D eigenvalue weighted by atomic mass is 16.6. The molecule has 0 aliphatic heterocycles. The van der Waals surface area contributed by atoms with Gasteiger partial charge in [-0.25, -0.2) is 5.90 Å². The fraction of sp³-hybridized carbons (Fsp3) is 0.417. The number of hydrogen-bond acceptors (Lipinski definition) is 3. The zero-order valence-corrected chi connectivity index (χ0v) is 9.69. The molecule has 0 spiro atoms. The summed E-state index contributed by atoms with van der Waals surface area (Å²) in [6, 6.07) is 7.67. The molecule has 0 aliphatic carbocycles. The first-order chi connectivity index (χ1) is 7.63. The minimum Gasteiger partial charge on any atom is -0.326 e. The van der Waals surface area contributed by atoms with Crippen molar-refractivity contribution in [3.05, 3.63) is 29.8 Å². The Hall–Kier alpha value is -1.39. The highest BCUT2D eigenvalue weighted by Gasteiger charge is 2.06. The maximum absolute atomic E-state index is 11.4. The van der Waals surface area contributed by atoms with Crippen LogP contribution in [-0.2, 0) is 16.1 Å². The zero-order chi connectivity index (χ0) is 12.0. The van der Waals surface area contributed by atoms with E-state index in [1.807, 2.05) is 38.1 Å². The van der Waals surface area contributed by atoms with Crippen LogP contribution < -0.4 is 11.2 Å². The molecule has 4 nitrogen and oxygen atoms in total. The van der Waals surface area contributed by atoms with Gasteiger partial charge >= 0.3 is 0 Å². The second-order valence-corrected chi connectivity index (χ2v) is 3.96. The number of hydrogen-bond donors (Lipinski definition) is 2. The number of benzene rings is 1. The molecule has 1 rings (SSSR count). The first-order valence-corrected chi connectivity index (χ1v) is 5.35. The predicted molar refractivity (Wildman–Crippen MR) is 63.8 cm³/mol. The summed E-state index contributed by atoms with van der Waals surface area (Å²) in [7, 11) is 0. The van der Waals surface area contributed by atoms with Crippen molar-refractivity contribution < 1.29 is 9.63 Å². The van der Waals surface area contributed by atoms with Gasteiger partial charge in [-0.15, -0.1) is 0 Å². The highest BCUT2D eigenvalue weighted by molar-refractivity contribution is 5.91. The monoisotopic (exact) mass is 222 g/mol. The van der Waals surface area contributed by atoms with Gasteiger partial charge in [-0.1, -0.05) is 26.0 Å². The van der Waals surface area contributed by atoms with E-state index in [-0.39, 0.29) is 11.8 Å². The molecule has 1 amide bonds. The summed E-state index contributed by atoms with van der Waals surface area (Å²) in [5.41, 5.74) is 1.95. The molecule has 0 aromatic heterocycles. The molecule has 3 N–H and O–H groups in total. The van der Waals surface area contributed by atoms with E-state index in [1.165, 1.54) is 0 Å². The SMILES string of the molecule is CC(C)C(=O)Nc1ccc(CCON)cc1. The van der Waals surface area contributed by atoms with E-state index in [2.05, 4.69) is 10.2 Å². The normalized spacial score (nSPS) is 10.5. The topological polar surface area (TPSA) is 64.3 Å². The van der Waals surface area contributed by atoms with Crippen molar-refractivity contribution >= 4 is 11.6 Å². The lowest BCUT2D eigenvalue weighted by molar-refractivity contribution is -0.118. The van der Waals surface area contributed by atoms with Crippen LogP contribution in [0.1, 0.15) is 19.4 Å². The molecule has 0 bridgehead atoms. The van der Waals surface area contributed by atoms with Crippen LogP contribution in [0.2, 0.25) is 0 Å². The Balaban J connectivity index is 2.54. The number of anilines is 1. The number of carbonyl (C=O) groups is 1. The lowest BCUT2D eigenvalue weighted by atomic mass is 10.1. The summed E-state index contributed by atoms with van der Waals surface area (Å²) in [6.07, 6.45) is 0.773. The molecule has 0 saturated heterocycles. The Morgan fingerprint density at radius 2 is 2.00 bits per heavy atom. The third-order valence-electron chi connectivity index (χ3n) is 2.25. The van der Waals surface area contributed by atoms with E-state index in [4.69, 9.17) is 5.90 Å². The summed E-state index contributed by atoms with van der Waals surface area (Å²) >= 11 is 0. The summed E-state index contributed by atoms with van der Waals surface area (Å²) in [4.78, 5) is 15.9. The van der Waals surface area contributed by atoms with Crippen LogP contribution in [0.3, 0.4) is 0 Å². The molecule has 0 unspecified atom stereocenters. The number of nitrogens with one attached hydrogen (secondary N) is 1. The first kappa shape index (κ1) is 12.7. The van der Waals surface area contributed by atoms with Gasteiger partial charge in [0.1, 0.15) is 0 Å². The van der Waals surface area contributed by atoms with Crippen molar-refractivity contribution in [2.75, 3.05) is 11.9 Å². The molecule has 4 heteroatoms. The molecule has 0 heterocycles. The largest absolute Gasteiger partial charge is 0.326 e. The van der Waals surface area contributed by atoms with E-state index < -0.39 is 0 Å². The van der Waals surface area contributed by atoms with Crippen LogP contribution in [0.25, 0.3) is 0 Å². The molecule has 0 saturated carbocycles. The third-order valence-corrected chi connectivity index (χ3v) is 2.25. The number of amides is 1. The standard InChI is InChI=1S/C12H18N2O2/c1-9(2)12(15)14-11-5-3-10(4-6-11)7-8-16-13/h3-6,9H,7-8,13H2,1-2H3,(H,14,15). The Kier molecular flexibility index (Phi) is 4.95. The minimum absolute atomic E-state index is 0.00897. The van der Waals surface area contributed by atoms with Crippen molar-refractivity contribution in [3.63, 3.8) is 0 Å². The van der Waals surface area contributed by atoms with Gasteiger partial charge in [0.05, 0.1) is 6.61 Å². The Morgan fingerprint density at radius 3 is 2.50 bits per heavy atom. The zero-order valence-electron chi connectivity index (χ0n) is 9.69. The predicted octanol–water partition coefficient (Wildman–Crippen LogP) is 1.71. The first-order valence-electron chi connectivity index (χ1n) is 5.35. The van der Waals surface area contributed by atoms with E-state index in [0.29, 0.717) is 6.61 Å². The number of nitrogens with two attached hydrogens (primary N) is 1. The number of rotatable bonds is 5. The smallest absolute Gasteiger partial charge is 0.226 e. The van der Waals surface area contributed by atoms with Gasteiger partial charge in [0.15, 0.2) is 0 Å². The second-order valence-electron chi connectivity index (χ2n) is 3.96. The lowest BCUT2D eigenvalue weighted by Gasteiger charge is -2.08. The molecule has 0 radical (unpaired) electrons. The van der Waals surface area contributed by atoms with Gasteiger partial charge in [0, 0.05) is 11.6 Å². The third kappa shape index (κ3) is 4.00. The van der Waals surface area contributed by atoms with Crippen LogP contribution in [0.4, 0.5) is 5.69 Å². The number of carbonyl (C=O) groups excluding carboxylic acids is 1. The summed E-state index contributed by atoms with van der Waals surface area (Å²) in [5, 5.41) is 2.83. The maximum Gasteiger partial charge on any atom is 0.226 e. The Bertz CT molecular complexity index is 333. The van der Waals surface area contributed by atoms with Gasteiger partial charge in [0.2, 0.25) is 5.91 Å². The van der Waals surface area contributed by atoms with Gasteiger partial charge < -0.3 is 10.2 Å². The maximum atomic E-state index is 11.4. The van der Waals surface area contributed by atoms with Crippen LogP contribution >= 0.6 is 0 Å². The van der Waals surface area contributed by atoms with Gasteiger partial charge in [0.25, 0.3) is 0 Å². The van der Waals surface area contributed by atoms with Gasteiger partial charge in [-0.05, 0) is 24.1 Å². The van der Waals surface area contributed by atoms with Crippen molar-refractivity contribution in [1.29, 1.82) is 0 Å². The summed E-state index contributed by atoms with van der Waals surface area (Å²) in [6.45, 7) is 4.22. The molecule has 16 heavy (non-hydrogen) atoms.